The lowest BCUT2D eigenvalue weighted by atomic mass is 9.64. The Bertz CT molecular complexity index is 818. The number of amides is 1. The number of pyridine rings is 1. The number of allylic oxidation sites excluding steroid dienone is 2. The molecule has 30 heavy (non-hydrogen) atoms. The van der Waals surface area contributed by atoms with Crippen LogP contribution in [0.25, 0.3) is 0 Å². The number of aromatic nitrogens is 1. The molecule has 3 rings (SSSR count). The summed E-state index contributed by atoms with van der Waals surface area (Å²) >= 11 is 0. The highest BCUT2D eigenvalue weighted by Gasteiger charge is 2.52. The first-order valence-electron chi connectivity index (χ1n) is 11.5. The van der Waals surface area contributed by atoms with Crippen LogP contribution < -0.4 is 5.32 Å². The molecule has 0 radical (unpaired) electrons. The summed E-state index contributed by atoms with van der Waals surface area (Å²) in [6.45, 7) is 13.1. The average Bonchev–Trinajstić information content (AvgIpc) is 3.10. The third-order valence-electron chi connectivity index (χ3n) is 7.56. The Balaban J connectivity index is 1.88. The Labute approximate surface area is 181 Å². The van der Waals surface area contributed by atoms with Gasteiger partial charge in [0.05, 0.1) is 5.41 Å². The maximum Gasteiger partial charge on any atom is 0.232 e. The zero-order chi connectivity index (χ0) is 22.2. The first-order valence-corrected chi connectivity index (χ1v) is 11.5. The molecule has 0 saturated carbocycles. The zero-order valence-corrected chi connectivity index (χ0v) is 19.7. The molecule has 0 spiro atoms. The Morgan fingerprint density at radius 1 is 1.00 bits per heavy atom. The summed E-state index contributed by atoms with van der Waals surface area (Å²) in [7, 11) is 0. The number of rotatable bonds is 7. The minimum Gasteiger partial charge on any atom is -0.310 e. The van der Waals surface area contributed by atoms with Crippen molar-refractivity contribution in [3.63, 3.8) is 0 Å². The molecule has 4 heteroatoms. The third kappa shape index (κ3) is 4.38. The summed E-state index contributed by atoms with van der Waals surface area (Å²) < 4.78 is 0. The van der Waals surface area contributed by atoms with Gasteiger partial charge in [0.15, 0.2) is 5.78 Å². The van der Waals surface area contributed by atoms with Crippen LogP contribution in [0.5, 0.6) is 0 Å². The van der Waals surface area contributed by atoms with Gasteiger partial charge in [0, 0.05) is 11.8 Å². The Morgan fingerprint density at radius 3 is 2.07 bits per heavy atom. The lowest BCUT2D eigenvalue weighted by Crippen LogP contribution is -2.35. The Kier molecular flexibility index (Phi) is 6.27. The van der Waals surface area contributed by atoms with Crippen LogP contribution in [-0.2, 0) is 4.79 Å². The van der Waals surface area contributed by atoms with Crippen LogP contribution in [0, 0.1) is 16.2 Å². The number of hydrogen-bond acceptors (Lipinski definition) is 3. The summed E-state index contributed by atoms with van der Waals surface area (Å²) in [4.78, 5) is 29.5. The number of unbranched alkanes of at least 4 members (excludes halogenated alkanes) is 2. The highest BCUT2D eigenvalue weighted by Crippen LogP contribution is 2.61. The van der Waals surface area contributed by atoms with E-state index < -0.39 is 0 Å². The summed E-state index contributed by atoms with van der Waals surface area (Å²) in [5.74, 6) is 0.597. The zero-order valence-electron chi connectivity index (χ0n) is 19.7. The normalized spacial score (nSPS) is 21.3. The van der Waals surface area contributed by atoms with Gasteiger partial charge in [-0.15, -0.1) is 0 Å². The molecule has 2 aliphatic rings. The van der Waals surface area contributed by atoms with Crippen molar-refractivity contribution in [2.75, 3.05) is 5.32 Å². The quantitative estimate of drug-likeness (QED) is 0.308. The molecule has 2 aliphatic carbocycles. The standard InChI is InChI=1S/C26H38N2O2/c1-7-8-9-12-26(23(30)28-22-11-10-19(17-27-22)18(2)29)15-20-21(16-26)25(5,6)14-13-24(20,3)4/h10-11,17H,7-9,12-16H2,1-6H3,(H,27,28,30). The molecular weight excluding hydrogens is 372 g/mol. The fourth-order valence-corrected chi connectivity index (χ4v) is 5.26. The second kappa shape index (κ2) is 8.28. The van der Waals surface area contributed by atoms with Crippen molar-refractivity contribution in [2.45, 2.75) is 92.9 Å². The number of nitrogens with zero attached hydrogens (tertiary/aromatic N) is 1. The first-order chi connectivity index (χ1) is 14.0. The minimum atomic E-state index is -0.389. The predicted molar refractivity (Wildman–Crippen MR) is 123 cm³/mol. The molecule has 0 unspecified atom stereocenters. The van der Waals surface area contributed by atoms with E-state index in [0.717, 1.165) is 38.5 Å². The molecule has 0 atom stereocenters. The van der Waals surface area contributed by atoms with Crippen molar-refractivity contribution in [3.8, 4) is 0 Å². The van der Waals surface area contributed by atoms with Gasteiger partial charge in [-0.05, 0) is 62.0 Å². The molecule has 0 aromatic carbocycles. The van der Waals surface area contributed by atoms with Gasteiger partial charge in [-0.2, -0.15) is 0 Å². The van der Waals surface area contributed by atoms with Crippen LogP contribution in [-0.4, -0.2) is 16.7 Å². The predicted octanol–water partition coefficient (Wildman–Crippen LogP) is 6.73. The van der Waals surface area contributed by atoms with Crippen molar-refractivity contribution >= 4 is 17.5 Å². The molecule has 1 N–H and O–H groups in total. The molecule has 0 fully saturated rings. The van der Waals surface area contributed by atoms with E-state index in [1.54, 1.807) is 18.3 Å². The fourth-order valence-electron chi connectivity index (χ4n) is 5.26. The molecule has 1 heterocycles. The minimum absolute atomic E-state index is 0.0199. The number of carbonyl (C=O) groups excluding carboxylic acids is 2. The monoisotopic (exact) mass is 410 g/mol. The molecule has 4 nitrogen and oxygen atoms in total. The van der Waals surface area contributed by atoms with Crippen LogP contribution in [0.3, 0.4) is 0 Å². The van der Waals surface area contributed by atoms with E-state index in [1.807, 2.05) is 0 Å². The average molecular weight is 411 g/mol. The first kappa shape index (κ1) is 22.7. The van der Waals surface area contributed by atoms with E-state index in [4.69, 9.17) is 0 Å². The number of anilines is 1. The SMILES string of the molecule is CCCCCC1(C(=O)Nc2ccc(C(C)=O)cn2)CC2=C(C1)C(C)(C)CCC2(C)C. The summed E-state index contributed by atoms with van der Waals surface area (Å²) in [5.41, 5.74) is 3.54. The second-order valence-electron chi connectivity index (χ2n) is 10.8. The topological polar surface area (TPSA) is 59.1 Å². The maximum atomic E-state index is 13.7. The number of ketones is 1. The lowest BCUT2D eigenvalue weighted by Gasteiger charge is -2.41. The summed E-state index contributed by atoms with van der Waals surface area (Å²) in [6.07, 6.45) is 9.91. The highest BCUT2D eigenvalue weighted by molar-refractivity contribution is 5.97. The van der Waals surface area contributed by atoms with Crippen molar-refractivity contribution < 1.29 is 9.59 Å². The molecular formula is C26H38N2O2. The van der Waals surface area contributed by atoms with Crippen LogP contribution in [0.2, 0.25) is 0 Å². The van der Waals surface area contributed by atoms with E-state index in [2.05, 4.69) is 44.9 Å². The van der Waals surface area contributed by atoms with Crippen molar-refractivity contribution in [1.82, 2.24) is 4.98 Å². The Morgan fingerprint density at radius 2 is 1.60 bits per heavy atom. The van der Waals surface area contributed by atoms with Gasteiger partial charge in [0.25, 0.3) is 0 Å². The number of carbonyl (C=O) groups is 2. The van der Waals surface area contributed by atoms with Gasteiger partial charge in [-0.1, -0.05) is 65.0 Å². The molecule has 164 valence electrons. The number of Topliss-reactive ketones (excluding diaryl/α,β-unsaturated/α-hetero) is 1. The van der Waals surface area contributed by atoms with Gasteiger partial charge < -0.3 is 5.32 Å². The van der Waals surface area contributed by atoms with E-state index in [9.17, 15) is 9.59 Å². The maximum absolute atomic E-state index is 13.7. The van der Waals surface area contributed by atoms with Crippen LogP contribution in [0.1, 0.15) is 103 Å². The van der Waals surface area contributed by atoms with Crippen molar-refractivity contribution in [3.05, 3.63) is 35.0 Å². The Hall–Kier alpha value is -1.97. The molecule has 1 aromatic rings. The van der Waals surface area contributed by atoms with Crippen LogP contribution >= 0.6 is 0 Å². The summed E-state index contributed by atoms with van der Waals surface area (Å²) in [6, 6.07) is 3.48. The van der Waals surface area contributed by atoms with E-state index >= 15 is 0 Å². The van der Waals surface area contributed by atoms with Gasteiger partial charge in [0.2, 0.25) is 5.91 Å². The van der Waals surface area contributed by atoms with Gasteiger partial charge >= 0.3 is 0 Å². The molecule has 1 aromatic heterocycles. The number of hydrogen-bond donors (Lipinski definition) is 1. The second-order valence-corrected chi connectivity index (χ2v) is 10.8. The van der Waals surface area contributed by atoms with Gasteiger partial charge in [0.1, 0.15) is 5.82 Å². The van der Waals surface area contributed by atoms with E-state index in [1.165, 1.54) is 30.9 Å². The van der Waals surface area contributed by atoms with Gasteiger partial charge in [-0.25, -0.2) is 4.98 Å². The summed E-state index contributed by atoms with van der Waals surface area (Å²) in [5, 5.41) is 3.09. The van der Waals surface area contributed by atoms with E-state index in [-0.39, 0.29) is 27.9 Å². The molecule has 0 saturated heterocycles. The fraction of sp³-hybridized carbons (Fsp3) is 0.654. The largest absolute Gasteiger partial charge is 0.310 e. The van der Waals surface area contributed by atoms with Crippen molar-refractivity contribution in [1.29, 1.82) is 0 Å². The molecule has 1 amide bonds. The molecule has 0 aliphatic heterocycles. The highest BCUT2D eigenvalue weighted by atomic mass is 16.2. The van der Waals surface area contributed by atoms with E-state index in [0.29, 0.717) is 11.4 Å². The lowest BCUT2D eigenvalue weighted by molar-refractivity contribution is -0.125. The number of nitrogens with one attached hydrogen (secondary N) is 1. The smallest absolute Gasteiger partial charge is 0.232 e. The van der Waals surface area contributed by atoms with Crippen molar-refractivity contribution in [2.24, 2.45) is 16.2 Å². The third-order valence-corrected chi connectivity index (χ3v) is 7.56. The molecule has 0 bridgehead atoms. The van der Waals surface area contributed by atoms with Crippen LogP contribution in [0.15, 0.2) is 29.5 Å². The van der Waals surface area contributed by atoms with Crippen LogP contribution in [0.4, 0.5) is 5.82 Å². The van der Waals surface area contributed by atoms with Gasteiger partial charge in [-0.3, -0.25) is 9.59 Å².